The number of aromatic nitrogens is 2. The molecule has 0 bridgehead atoms. The summed E-state index contributed by atoms with van der Waals surface area (Å²) < 4.78 is 1.98. The molecule has 0 saturated carbocycles. The molecular weight excluding hydrogens is 276 g/mol. The van der Waals surface area contributed by atoms with E-state index in [1.165, 1.54) is 0 Å². The Labute approximate surface area is 130 Å². The predicted octanol–water partition coefficient (Wildman–Crippen LogP) is 2.76. The van der Waals surface area contributed by atoms with Crippen LogP contribution in [0.4, 0.5) is 5.69 Å². The molecule has 0 spiro atoms. The lowest BCUT2D eigenvalue weighted by molar-refractivity contribution is 0.102. The molecule has 2 aromatic rings. The minimum atomic E-state index is -0.0953. The molecule has 1 fully saturated rings. The summed E-state index contributed by atoms with van der Waals surface area (Å²) >= 11 is 0. The third-order valence-corrected chi connectivity index (χ3v) is 4.09. The number of hydrogen-bond acceptors (Lipinski definition) is 3. The Morgan fingerprint density at radius 1 is 1.27 bits per heavy atom. The molecule has 1 atom stereocenters. The van der Waals surface area contributed by atoms with Gasteiger partial charge in [-0.1, -0.05) is 17.7 Å². The summed E-state index contributed by atoms with van der Waals surface area (Å²) in [7, 11) is 0. The Bertz CT molecular complexity index is 624. The fourth-order valence-electron chi connectivity index (χ4n) is 2.78. The van der Waals surface area contributed by atoms with Crippen LogP contribution in [0.15, 0.2) is 36.7 Å². The lowest BCUT2D eigenvalue weighted by Crippen LogP contribution is -2.15. The first kappa shape index (κ1) is 14.8. The van der Waals surface area contributed by atoms with Crippen molar-refractivity contribution in [2.24, 2.45) is 0 Å². The first-order chi connectivity index (χ1) is 10.7. The van der Waals surface area contributed by atoms with Gasteiger partial charge in [-0.25, -0.2) is 0 Å². The summed E-state index contributed by atoms with van der Waals surface area (Å²) in [4.78, 5) is 12.2. The summed E-state index contributed by atoms with van der Waals surface area (Å²) in [5, 5.41) is 10.7. The summed E-state index contributed by atoms with van der Waals surface area (Å²) in [6, 6.07) is 7.98. The second-order valence-electron chi connectivity index (χ2n) is 5.86. The van der Waals surface area contributed by atoms with Crippen LogP contribution in [-0.2, 0) is 0 Å². The zero-order valence-electron chi connectivity index (χ0n) is 12.9. The maximum absolute atomic E-state index is 12.2. The second kappa shape index (κ2) is 6.75. The minimum Gasteiger partial charge on any atom is -0.319 e. The first-order valence-corrected chi connectivity index (χ1v) is 7.85. The number of benzene rings is 1. The number of hydrogen-bond donors (Lipinski definition) is 2. The smallest absolute Gasteiger partial charge is 0.255 e. The average Bonchev–Trinajstić information content (AvgIpc) is 2.81. The Morgan fingerprint density at radius 2 is 2.09 bits per heavy atom. The lowest BCUT2D eigenvalue weighted by atomic mass is 10.1. The van der Waals surface area contributed by atoms with Crippen LogP contribution in [0.25, 0.3) is 0 Å². The fourth-order valence-corrected chi connectivity index (χ4v) is 2.78. The van der Waals surface area contributed by atoms with E-state index < -0.39 is 0 Å². The average molecular weight is 298 g/mol. The molecule has 1 aliphatic rings. The molecule has 22 heavy (non-hydrogen) atoms. The van der Waals surface area contributed by atoms with Crippen molar-refractivity contribution in [1.82, 2.24) is 15.1 Å². The highest BCUT2D eigenvalue weighted by atomic mass is 16.1. The van der Waals surface area contributed by atoms with Crippen molar-refractivity contribution in [1.29, 1.82) is 0 Å². The molecule has 1 saturated heterocycles. The highest BCUT2D eigenvalue weighted by molar-refractivity contribution is 6.04. The van der Waals surface area contributed by atoms with Gasteiger partial charge >= 0.3 is 0 Å². The highest BCUT2D eigenvalue weighted by Crippen LogP contribution is 2.21. The van der Waals surface area contributed by atoms with Crippen molar-refractivity contribution in [2.45, 2.75) is 32.2 Å². The number of amides is 1. The monoisotopic (exact) mass is 298 g/mol. The van der Waals surface area contributed by atoms with Crippen molar-refractivity contribution in [3.8, 4) is 0 Å². The zero-order valence-corrected chi connectivity index (χ0v) is 12.9. The van der Waals surface area contributed by atoms with Crippen molar-refractivity contribution < 1.29 is 4.79 Å². The van der Waals surface area contributed by atoms with Crippen LogP contribution in [0.1, 0.15) is 41.2 Å². The fraction of sp³-hybridized carbons (Fsp3) is 0.412. The molecule has 0 radical (unpaired) electrons. The van der Waals surface area contributed by atoms with Crippen LogP contribution in [0.5, 0.6) is 0 Å². The summed E-state index contributed by atoms with van der Waals surface area (Å²) in [5.41, 5.74) is 2.56. The van der Waals surface area contributed by atoms with Gasteiger partial charge in [0.1, 0.15) is 0 Å². The van der Waals surface area contributed by atoms with Gasteiger partial charge < -0.3 is 10.6 Å². The van der Waals surface area contributed by atoms with Gasteiger partial charge in [0.05, 0.1) is 17.9 Å². The maximum atomic E-state index is 12.2. The van der Waals surface area contributed by atoms with Crippen LogP contribution in [0.3, 0.4) is 0 Å². The van der Waals surface area contributed by atoms with Crippen LogP contribution in [-0.4, -0.2) is 28.8 Å². The second-order valence-corrected chi connectivity index (χ2v) is 5.86. The topological polar surface area (TPSA) is 59.0 Å². The van der Waals surface area contributed by atoms with E-state index in [1.54, 1.807) is 6.20 Å². The van der Waals surface area contributed by atoms with E-state index in [2.05, 4.69) is 15.7 Å². The molecule has 1 amide bonds. The van der Waals surface area contributed by atoms with E-state index >= 15 is 0 Å². The standard InChI is InChI=1S/C17H22N4O/c1-13-4-6-14(7-5-13)17(22)20-15-11-19-21(12-15)16-3-2-9-18-10-8-16/h4-7,11-12,16,18H,2-3,8-10H2,1H3,(H,20,22). The van der Waals surface area contributed by atoms with E-state index in [4.69, 9.17) is 0 Å². The van der Waals surface area contributed by atoms with E-state index in [-0.39, 0.29) is 5.91 Å². The molecule has 2 N–H and O–H groups in total. The number of nitrogens with one attached hydrogen (secondary N) is 2. The third-order valence-electron chi connectivity index (χ3n) is 4.09. The van der Waals surface area contributed by atoms with Gasteiger partial charge in [-0.05, 0) is 51.4 Å². The Kier molecular flexibility index (Phi) is 4.53. The van der Waals surface area contributed by atoms with E-state index in [0.717, 1.165) is 43.6 Å². The van der Waals surface area contributed by atoms with Gasteiger partial charge in [0.15, 0.2) is 0 Å². The van der Waals surface area contributed by atoms with E-state index in [0.29, 0.717) is 11.6 Å². The number of nitrogens with zero attached hydrogens (tertiary/aromatic N) is 2. The molecule has 1 aliphatic heterocycles. The van der Waals surface area contributed by atoms with Crippen molar-refractivity contribution >= 4 is 11.6 Å². The number of aryl methyl sites for hydroxylation is 1. The Balaban J connectivity index is 1.65. The predicted molar refractivity (Wildman–Crippen MR) is 87.1 cm³/mol. The molecule has 5 heteroatoms. The van der Waals surface area contributed by atoms with E-state index in [9.17, 15) is 4.79 Å². The highest BCUT2D eigenvalue weighted by Gasteiger charge is 2.15. The Morgan fingerprint density at radius 3 is 2.91 bits per heavy atom. The third kappa shape index (κ3) is 3.54. The Hall–Kier alpha value is -2.14. The van der Waals surface area contributed by atoms with E-state index in [1.807, 2.05) is 42.1 Å². The molecule has 1 aromatic heterocycles. The minimum absolute atomic E-state index is 0.0953. The van der Waals surface area contributed by atoms with Gasteiger partial charge in [-0.2, -0.15) is 5.10 Å². The molecule has 116 valence electrons. The van der Waals surface area contributed by atoms with Crippen molar-refractivity contribution in [2.75, 3.05) is 18.4 Å². The lowest BCUT2D eigenvalue weighted by Gasteiger charge is -2.13. The molecule has 2 heterocycles. The van der Waals surface area contributed by atoms with Crippen LogP contribution < -0.4 is 10.6 Å². The largest absolute Gasteiger partial charge is 0.319 e. The molecule has 1 unspecified atom stereocenters. The summed E-state index contributed by atoms with van der Waals surface area (Å²) in [6.07, 6.45) is 7.02. The number of carbonyl (C=O) groups excluding carboxylic acids is 1. The number of anilines is 1. The van der Waals surface area contributed by atoms with Crippen molar-refractivity contribution in [3.63, 3.8) is 0 Å². The maximum Gasteiger partial charge on any atom is 0.255 e. The van der Waals surface area contributed by atoms with Crippen LogP contribution in [0, 0.1) is 6.92 Å². The zero-order chi connectivity index (χ0) is 15.4. The first-order valence-electron chi connectivity index (χ1n) is 7.85. The normalized spacial score (nSPS) is 18.7. The van der Waals surface area contributed by atoms with Gasteiger partial charge in [-0.15, -0.1) is 0 Å². The van der Waals surface area contributed by atoms with Gasteiger partial charge in [-0.3, -0.25) is 9.48 Å². The molecule has 0 aliphatic carbocycles. The van der Waals surface area contributed by atoms with Gasteiger partial charge in [0.2, 0.25) is 0 Å². The SMILES string of the molecule is Cc1ccc(C(=O)Nc2cnn(C3CCCNCC3)c2)cc1. The molecular formula is C17H22N4O. The number of carbonyl (C=O) groups is 1. The number of rotatable bonds is 3. The molecule has 3 rings (SSSR count). The van der Waals surface area contributed by atoms with Crippen molar-refractivity contribution in [3.05, 3.63) is 47.8 Å². The van der Waals surface area contributed by atoms with Crippen LogP contribution in [0.2, 0.25) is 0 Å². The quantitative estimate of drug-likeness (QED) is 0.916. The molecule has 1 aromatic carbocycles. The van der Waals surface area contributed by atoms with Crippen LogP contribution >= 0.6 is 0 Å². The summed E-state index contributed by atoms with van der Waals surface area (Å²) in [5.74, 6) is -0.0953. The molecule has 5 nitrogen and oxygen atoms in total. The van der Waals surface area contributed by atoms with Gasteiger partial charge in [0.25, 0.3) is 5.91 Å². The summed E-state index contributed by atoms with van der Waals surface area (Å²) in [6.45, 7) is 4.11. The van der Waals surface area contributed by atoms with Gasteiger partial charge in [0, 0.05) is 11.8 Å².